The lowest BCUT2D eigenvalue weighted by atomic mass is 9.63. The van der Waals surface area contributed by atoms with Crippen molar-refractivity contribution in [3.05, 3.63) is 0 Å². The highest BCUT2D eigenvalue weighted by Crippen LogP contribution is 2.62. The van der Waals surface area contributed by atoms with Gasteiger partial charge in [0.15, 0.2) is 0 Å². The molecule has 0 spiro atoms. The van der Waals surface area contributed by atoms with E-state index in [1.165, 1.54) is 0 Å². The third-order valence-corrected chi connectivity index (χ3v) is 2.20. The molecule has 1 aliphatic carbocycles. The molecule has 1 fully saturated rings. The smallest absolute Gasteiger partial charge is 0.326 e. The van der Waals surface area contributed by atoms with Crippen LogP contribution in [0.3, 0.4) is 0 Å². The van der Waals surface area contributed by atoms with Crippen molar-refractivity contribution in [1.29, 1.82) is 0 Å². The van der Waals surface area contributed by atoms with Gasteiger partial charge in [0.25, 0.3) is 0 Å². The van der Waals surface area contributed by atoms with Crippen LogP contribution in [0.15, 0.2) is 0 Å². The summed E-state index contributed by atoms with van der Waals surface area (Å²) in [7, 11) is 0. The maximum atomic E-state index is 12.5. The maximum Gasteiger partial charge on any atom is 0.326 e. The molecule has 0 aromatic heterocycles. The molecule has 0 radical (unpaired) electrons. The molecule has 1 rings (SSSR count). The molecule has 0 aromatic carbocycles. The molecule has 0 aromatic rings. The number of hydrogen-bond acceptors (Lipinski definition) is 1. The zero-order chi connectivity index (χ0) is 9.78. The summed E-state index contributed by atoms with van der Waals surface area (Å²) in [5.41, 5.74) is -2.61. The van der Waals surface area contributed by atoms with Crippen molar-refractivity contribution in [2.24, 2.45) is 5.41 Å². The predicted octanol–water partition coefficient (Wildman–Crippen LogP) is 1.75. The fourth-order valence-electron chi connectivity index (χ4n) is 1.17. The fraction of sp³-hybridized carbons (Fsp3) is 0.833. The molecule has 1 atom stereocenters. The van der Waals surface area contributed by atoms with Crippen LogP contribution in [0, 0.1) is 5.41 Å². The Hall–Kier alpha value is -0.810. The molecule has 1 N–H and O–H groups in total. The third-order valence-electron chi connectivity index (χ3n) is 2.20. The van der Waals surface area contributed by atoms with Crippen LogP contribution >= 0.6 is 0 Å². The van der Waals surface area contributed by atoms with Crippen molar-refractivity contribution in [2.45, 2.75) is 25.2 Å². The molecule has 1 aliphatic rings. The van der Waals surface area contributed by atoms with Crippen LogP contribution in [0.5, 0.6) is 0 Å². The number of halogens is 4. The molecule has 0 bridgehead atoms. The van der Waals surface area contributed by atoms with Crippen LogP contribution in [0.25, 0.3) is 0 Å². The van der Waals surface area contributed by atoms with Gasteiger partial charge >= 0.3 is 17.8 Å². The lowest BCUT2D eigenvalue weighted by molar-refractivity contribution is -0.344. The summed E-state index contributed by atoms with van der Waals surface area (Å²) < 4.78 is 49.3. The first-order valence-electron chi connectivity index (χ1n) is 3.14. The van der Waals surface area contributed by atoms with Gasteiger partial charge in [0.2, 0.25) is 0 Å². The van der Waals surface area contributed by atoms with Gasteiger partial charge in [-0.3, -0.25) is 4.79 Å². The van der Waals surface area contributed by atoms with E-state index in [-0.39, 0.29) is 0 Å². The Balaban J connectivity index is 2.99. The lowest BCUT2D eigenvalue weighted by Crippen LogP contribution is -2.68. The fourth-order valence-corrected chi connectivity index (χ4v) is 1.17. The lowest BCUT2D eigenvalue weighted by Gasteiger charge is -2.48. The van der Waals surface area contributed by atoms with Crippen molar-refractivity contribution in [2.75, 3.05) is 0 Å². The van der Waals surface area contributed by atoms with Crippen LogP contribution in [0.4, 0.5) is 17.6 Å². The van der Waals surface area contributed by atoms with E-state index in [2.05, 4.69) is 0 Å². The van der Waals surface area contributed by atoms with E-state index < -0.39 is 29.7 Å². The molecule has 0 amide bonds. The number of aliphatic carboxylic acids is 1. The topological polar surface area (TPSA) is 37.3 Å². The Labute approximate surface area is 65.2 Å². The quantitative estimate of drug-likeness (QED) is 0.633. The molecule has 2 nitrogen and oxygen atoms in total. The standard InChI is InChI=1S/C6H6F4O2/c1-4(3(11)12)2-5(7,8)6(4,9)10/h2H2,1H3,(H,11,12). The van der Waals surface area contributed by atoms with Gasteiger partial charge in [-0.1, -0.05) is 0 Å². The second-order valence-electron chi connectivity index (χ2n) is 3.09. The van der Waals surface area contributed by atoms with Gasteiger partial charge in [0.1, 0.15) is 5.41 Å². The zero-order valence-corrected chi connectivity index (χ0v) is 6.07. The van der Waals surface area contributed by atoms with Crippen LogP contribution in [0.2, 0.25) is 0 Å². The summed E-state index contributed by atoms with van der Waals surface area (Å²) >= 11 is 0. The first-order chi connectivity index (χ1) is 5.15. The first-order valence-corrected chi connectivity index (χ1v) is 3.14. The number of hydrogen-bond donors (Lipinski definition) is 1. The van der Waals surface area contributed by atoms with Gasteiger partial charge in [0.05, 0.1) is 0 Å². The van der Waals surface area contributed by atoms with Gasteiger partial charge in [-0.25, -0.2) is 0 Å². The Bertz CT molecular complexity index is 238. The highest BCUT2D eigenvalue weighted by molar-refractivity contribution is 5.77. The van der Waals surface area contributed by atoms with Crippen LogP contribution in [-0.2, 0) is 4.79 Å². The third kappa shape index (κ3) is 0.723. The molecule has 6 heteroatoms. The van der Waals surface area contributed by atoms with E-state index in [1.807, 2.05) is 0 Å². The summed E-state index contributed by atoms with van der Waals surface area (Å²) in [6.07, 6.45) is -1.30. The van der Waals surface area contributed by atoms with E-state index in [1.54, 1.807) is 0 Å². The maximum absolute atomic E-state index is 12.5. The number of alkyl halides is 4. The average molecular weight is 186 g/mol. The summed E-state index contributed by atoms with van der Waals surface area (Å²) in [6.45, 7) is 0.618. The van der Waals surface area contributed by atoms with Crippen molar-refractivity contribution < 1.29 is 27.5 Å². The minimum absolute atomic E-state index is 0.618. The van der Waals surface area contributed by atoms with Crippen molar-refractivity contribution >= 4 is 5.97 Å². The highest BCUT2D eigenvalue weighted by atomic mass is 19.3. The van der Waals surface area contributed by atoms with Gasteiger partial charge < -0.3 is 5.11 Å². The Morgan fingerprint density at radius 3 is 1.83 bits per heavy atom. The zero-order valence-electron chi connectivity index (χ0n) is 6.07. The second-order valence-corrected chi connectivity index (χ2v) is 3.09. The summed E-state index contributed by atoms with van der Waals surface area (Å²) in [4.78, 5) is 10.2. The molecular weight excluding hydrogens is 180 g/mol. The minimum Gasteiger partial charge on any atom is -0.481 e. The van der Waals surface area contributed by atoms with Crippen molar-refractivity contribution in [3.63, 3.8) is 0 Å². The monoisotopic (exact) mass is 186 g/mol. The molecular formula is C6H6F4O2. The van der Waals surface area contributed by atoms with E-state index >= 15 is 0 Å². The molecule has 1 unspecified atom stereocenters. The van der Waals surface area contributed by atoms with Crippen molar-refractivity contribution in [1.82, 2.24) is 0 Å². The number of rotatable bonds is 1. The van der Waals surface area contributed by atoms with Crippen molar-refractivity contribution in [3.8, 4) is 0 Å². The number of carboxylic acid groups (broad SMARTS) is 1. The van der Waals surface area contributed by atoms with Crippen LogP contribution in [0.1, 0.15) is 13.3 Å². The van der Waals surface area contributed by atoms with E-state index in [0.717, 1.165) is 0 Å². The van der Waals surface area contributed by atoms with Gasteiger partial charge in [-0.2, -0.15) is 17.6 Å². The summed E-state index contributed by atoms with van der Waals surface area (Å²) in [5.74, 6) is -10.5. The second kappa shape index (κ2) is 1.92. The summed E-state index contributed by atoms with van der Waals surface area (Å²) in [5, 5.41) is 8.25. The highest BCUT2D eigenvalue weighted by Gasteiger charge is 2.81. The van der Waals surface area contributed by atoms with E-state index in [4.69, 9.17) is 5.11 Å². The predicted molar refractivity (Wildman–Crippen MR) is 30.3 cm³/mol. The molecule has 12 heavy (non-hydrogen) atoms. The largest absolute Gasteiger partial charge is 0.481 e. The molecule has 1 saturated carbocycles. The van der Waals surface area contributed by atoms with Gasteiger partial charge in [-0.15, -0.1) is 0 Å². The average Bonchev–Trinajstić information content (AvgIpc) is 1.85. The Kier molecular flexibility index (Phi) is 1.48. The van der Waals surface area contributed by atoms with Crippen LogP contribution < -0.4 is 0 Å². The molecule has 70 valence electrons. The SMILES string of the molecule is CC1(C(=O)O)CC(F)(F)C1(F)F. The summed E-state index contributed by atoms with van der Waals surface area (Å²) in [6, 6.07) is 0. The Morgan fingerprint density at radius 2 is 1.75 bits per heavy atom. The van der Waals surface area contributed by atoms with E-state index in [9.17, 15) is 22.4 Å². The number of carbonyl (C=O) groups is 1. The molecule has 0 saturated heterocycles. The number of carboxylic acids is 1. The van der Waals surface area contributed by atoms with Gasteiger partial charge in [-0.05, 0) is 6.92 Å². The van der Waals surface area contributed by atoms with Gasteiger partial charge in [0, 0.05) is 6.42 Å². The first kappa shape index (κ1) is 9.28. The normalized spacial score (nSPS) is 37.1. The molecule has 0 heterocycles. The molecule has 0 aliphatic heterocycles. The van der Waals surface area contributed by atoms with Crippen LogP contribution in [-0.4, -0.2) is 22.9 Å². The minimum atomic E-state index is -4.44. The van der Waals surface area contributed by atoms with E-state index in [0.29, 0.717) is 6.92 Å². The Morgan fingerprint density at radius 1 is 1.33 bits per heavy atom.